The Labute approximate surface area is 113 Å². The van der Waals surface area contributed by atoms with Crippen molar-refractivity contribution in [2.45, 2.75) is 30.6 Å². The van der Waals surface area contributed by atoms with Crippen LogP contribution in [0, 0.1) is 0 Å². The van der Waals surface area contributed by atoms with Gasteiger partial charge in [0.05, 0.1) is 16.3 Å². The van der Waals surface area contributed by atoms with Crippen molar-refractivity contribution in [1.82, 2.24) is 0 Å². The fraction of sp³-hybridized carbons (Fsp3) is 0.500. The second kappa shape index (κ2) is 6.97. The summed E-state index contributed by atoms with van der Waals surface area (Å²) in [6, 6.07) is 4.46. The Hall–Kier alpha value is -0.780. The van der Waals surface area contributed by atoms with Gasteiger partial charge in [-0.3, -0.25) is 0 Å². The third kappa shape index (κ3) is 4.48. The highest BCUT2D eigenvalue weighted by Gasteiger charge is 2.17. The molecule has 102 valence electrons. The Kier molecular flexibility index (Phi) is 5.91. The number of halogens is 1. The van der Waals surface area contributed by atoms with Crippen LogP contribution < -0.4 is 5.73 Å². The van der Waals surface area contributed by atoms with E-state index in [1.807, 2.05) is 0 Å². The normalized spacial score (nSPS) is 11.7. The molecule has 3 N–H and O–H groups in total. The van der Waals surface area contributed by atoms with Crippen molar-refractivity contribution >= 4 is 27.1 Å². The molecule has 1 aromatic rings. The molecule has 0 aliphatic carbocycles. The number of aliphatic hydroxyl groups excluding tert-OH is 1. The van der Waals surface area contributed by atoms with Crippen molar-refractivity contribution < 1.29 is 13.5 Å². The molecule has 0 bridgehead atoms. The third-order valence-electron chi connectivity index (χ3n) is 2.63. The van der Waals surface area contributed by atoms with Gasteiger partial charge in [-0.05, 0) is 31.0 Å². The number of nitrogens with two attached hydrogens (primary N) is 1. The first-order chi connectivity index (χ1) is 8.47. The largest absolute Gasteiger partial charge is 0.398 e. The Bertz CT molecular complexity index is 488. The van der Waals surface area contributed by atoms with E-state index in [-0.39, 0.29) is 22.9 Å². The van der Waals surface area contributed by atoms with Gasteiger partial charge in [0.1, 0.15) is 0 Å². The summed E-state index contributed by atoms with van der Waals surface area (Å²) in [7, 11) is -3.37. The Morgan fingerprint density at radius 1 is 1.17 bits per heavy atom. The summed E-state index contributed by atoms with van der Waals surface area (Å²) < 4.78 is 24.1. The summed E-state index contributed by atoms with van der Waals surface area (Å²) in [4.78, 5) is 0.108. The Morgan fingerprint density at radius 3 is 2.50 bits per heavy atom. The zero-order chi connectivity index (χ0) is 13.6. The molecule has 0 aromatic heterocycles. The lowest BCUT2D eigenvalue weighted by Gasteiger charge is -2.07. The molecule has 1 aromatic carbocycles. The van der Waals surface area contributed by atoms with Crippen molar-refractivity contribution in [3.8, 4) is 0 Å². The second-order valence-corrected chi connectivity index (χ2v) is 6.65. The molecule has 0 fully saturated rings. The predicted octanol–water partition coefficient (Wildman–Crippen LogP) is 2.25. The van der Waals surface area contributed by atoms with Gasteiger partial charge in [-0.2, -0.15) is 0 Å². The fourth-order valence-electron chi connectivity index (χ4n) is 1.64. The van der Waals surface area contributed by atoms with Crippen LogP contribution in [0.4, 0.5) is 5.69 Å². The summed E-state index contributed by atoms with van der Waals surface area (Å²) >= 11 is 5.78. The molecule has 18 heavy (non-hydrogen) atoms. The van der Waals surface area contributed by atoms with Crippen molar-refractivity contribution in [1.29, 1.82) is 0 Å². The number of nitrogen functional groups attached to an aromatic ring is 1. The predicted molar refractivity (Wildman–Crippen MR) is 73.5 cm³/mol. The van der Waals surface area contributed by atoms with Gasteiger partial charge in [0.2, 0.25) is 0 Å². The molecule has 4 nitrogen and oxygen atoms in total. The Morgan fingerprint density at radius 2 is 1.83 bits per heavy atom. The Balaban J connectivity index is 2.66. The molecule has 0 aliphatic heterocycles. The number of benzene rings is 1. The van der Waals surface area contributed by atoms with Gasteiger partial charge in [-0.15, -0.1) is 0 Å². The van der Waals surface area contributed by atoms with E-state index >= 15 is 0 Å². The van der Waals surface area contributed by atoms with Crippen LogP contribution in [0.2, 0.25) is 5.02 Å². The van der Waals surface area contributed by atoms with E-state index in [0.717, 1.165) is 12.8 Å². The topological polar surface area (TPSA) is 80.4 Å². The summed E-state index contributed by atoms with van der Waals surface area (Å²) in [5, 5.41) is 8.98. The van der Waals surface area contributed by atoms with Crippen molar-refractivity contribution in [2.24, 2.45) is 0 Å². The molecular weight excluding hydrogens is 274 g/mol. The first-order valence-corrected chi connectivity index (χ1v) is 7.89. The molecule has 6 heteroatoms. The van der Waals surface area contributed by atoms with Crippen molar-refractivity contribution in [2.75, 3.05) is 18.1 Å². The first-order valence-electron chi connectivity index (χ1n) is 5.86. The molecule has 0 heterocycles. The molecule has 1 rings (SSSR count). The van der Waals surface area contributed by atoms with Crippen molar-refractivity contribution in [3.63, 3.8) is 0 Å². The lowest BCUT2D eigenvalue weighted by Crippen LogP contribution is -2.09. The summed E-state index contributed by atoms with van der Waals surface area (Å²) in [5.41, 5.74) is 5.89. The van der Waals surface area contributed by atoms with Gasteiger partial charge in [0.15, 0.2) is 9.84 Å². The smallest absolute Gasteiger partial charge is 0.180 e. The maximum atomic E-state index is 12.0. The summed E-state index contributed by atoms with van der Waals surface area (Å²) in [6.07, 6.45) is 2.88. The van der Waals surface area contributed by atoms with E-state index in [0.29, 0.717) is 17.9 Å². The SMILES string of the molecule is Nc1ccc(Cl)cc1S(=O)(=O)CCCCCCO. The van der Waals surface area contributed by atoms with Crippen LogP contribution in [-0.4, -0.2) is 25.9 Å². The minimum atomic E-state index is -3.37. The monoisotopic (exact) mass is 291 g/mol. The number of hydrogen-bond acceptors (Lipinski definition) is 4. The van der Waals surface area contributed by atoms with Gasteiger partial charge in [0, 0.05) is 11.6 Å². The van der Waals surface area contributed by atoms with E-state index in [1.165, 1.54) is 12.1 Å². The van der Waals surface area contributed by atoms with Crippen LogP contribution in [0.3, 0.4) is 0 Å². The molecule has 0 spiro atoms. The second-order valence-electron chi connectivity index (χ2n) is 4.14. The average Bonchev–Trinajstić information content (AvgIpc) is 2.32. The van der Waals surface area contributed by atoms with Crippen LogP contribution in [0.5, 0.6) is 0 Å². The molecule has 0 unspecified atom stereocenters. The molecule has 0 saturated heterocycles. The van der Waals surface area contributed by atoms with E-state index in [1.54, 1.807) is 6.07 Å². The van der Waals surface area contributed by atoms with Gasteiger partial charge >= 0.3 is 0 Å². The van der Waals surface area contributed by atoms with E-state index in [2.05, 4.69) is 0 Å². The van der Waals surface area contributed by atoms with E-state index in [9.17, 15) is 8.42 Å². The third-order valence-corrected chi connectivity index (χ3v) is 4.72. The molecule has 0 amide bonds. The van der Waals surface area contributed by atoms with Gasteiger partial charge in [-0.1, -0.05) is 24.4 Å². The highest BCUT2D eigenvalue weighted by atomic mass is 35.5. The number of aliphatic hydroxyl groups is 1. The van der Waals surface area contributed by atoms with Gasteiger partial charge in [0.25, 0.3) is 0 Å². The van der Waals surface area contributed by atoms with Gasteiger partial charge in [-0.25, -0.2) is 8.42 Å². The number of rotatable bonds is 7. The van der Waals surface area contributed by atoms with Crippen LogP contribution in [0.15, 0.2) is 23.1 Å². The first kappa shape index (κ1) is 15.3. The average molecular weight is 292 g/mol. The van der Waals surface area contributed by atoms with Crippen molar-refractivity contribution in [3.05, 3.63) is 23.2 Å². The molecule has 0 aliphatic rings. The highest BCUT2D eigenvalue weighted by molar-refractivity contribution is 7.91. The summed E-state index contributed by atoms with van der Waals surface area (Å²) in [6.45, 7) is 0.147. The van der Waals surface area contributed by atoms with E-state index < -0.39 is 9.84 Å². The molecular formula is C12H18ClNO3S. The lowest BCUT2D eigenvalue weighted by molar-refractivity contribution is 0.283. The maximum absolute atomic E-state index is 12.0. The number of hydrogen-bond donors (Lipinski definition) is 2. The molecule has 0 radical (unpaired) electrons. The highest BCUT2D eigenvalue weighted by Crippen LogP contribution is 2.24. The number of sulfone groups is 1. The number of unbranched alkanes of at least 4 members (excludes halogenated alkanes) is 3. The summed E-state index contributed by atoms with van der Waals surface area (Å²) in [5.74, 6) is 0.0585. The molecule has 0 saturated carbocycles. The fourth-order valence-corrected chi connectivity index (χ4v) is 3.42. The van der Waals surface area contributed by atoms with Crippen LogP contribution in [0.1, 0.15) is 25.7 Å². The lowest BCUT2D eigenvalue weighted by atomic mass is 10.2. The van der Waals surface area contributed by atoms with Gasteiger partial charge < -0.3 is 10.8 Å². The number of anilines is 1. The minimum absolute atomic E-state index is 0.0585. The van der Waals surface area contributed by atoms with E-state index in [4.69, 9.17) is 22.4 Å². The zero-order valence-electron chi connectivity index (χ0n) is 10.1. The standard InChI is InChI=1S/C12H18ClNO3S/c13-10-5-6-11(14)12(9-10)18(16,17)8-4-2-1-3-7-15/h5-6,9,15H,1-4,7-8,14H2. The quantitative estimate of drug-likeness (QED) is 0.596. The minimum Gasteiger partial charge on any atom is -0.398 e. The maximum Gasteiger partial charge on any atom is 0.180 e. The molecule has 0 atom stereocenters. The van der Waals surface area contributed by atoms with Crippen LogP contribution in [-0.2, 0) is 9.84 Å². The van der Waals surface area contributed by atoms with Crippen LogP contribution in [0.25, 0.3) is 0 Å². The zero-order valence-corrected chi connectivity index (χ0v) is 11.7. The van der Waals surface area contributed by atoms with Crippen LogP contribution >= 0.6 is 11.6 Å².